The maximum absolute atomic E-state index is 6.03. The van der Waals surface area contributed by atoms with Gasteiger partial charge in [0.1, 0.15) is 6.26 Å². The first-order chi connectivity index (χ1) is 12.8. The Morgan fingerprint density at radius 2 is 1.50 bits per heavy atom. The van der Waals surface area contributed by atoms with E-state index in [1.807, 2.05) is 30.5 Å². The average molecular weight is 402 g/mol. The molecule has 0 spiro atoms. The number of rotatable bonds is 3. The van der Waals surface area contributed by atoms with Crippen LogP contribution in [0.3, 0.4) is 0 Å². The minimum atomic E-state index is 0.783. The van der Waals surface area contributed by atoms with Crippen molar-refractivity contribution >= 4 is 37.7 Å². The predicted molar refractivity (Wildman–Crippen MR) is 110 cm³/mol. The molecule has 5 rings (SSSR count). The molecule has 0 aliphatic carbocycles. The maximum Gasteiger partial charge on any atom is 0.158 e. The lowest BCUT2D eigenvalue weighted by molar-refractivity contribution is 0.585. The molecule has 0 amide bonds. The van der Waals surface area contributed by atoms with Gasteiger partial charge >= 0.3 is 0 Å². The van der Waals surface area contributed by atoms with Gasteiger partial charge in [-0.3, -0.25) is 0 Å². The molecule has 0 aliphatic rings. The maximum atomic E-state index is 6.03. The van der Waals surface area contributed by atoms with Crippen molar-refractivity contribution in [2.45, 2.75) is 6.54 Å². The Labute approximate surface area is 159 Å². The molecule has 26 heavy (non-hydrogen) atoms. The van der Waals surface area contributed by atoms with Gasteiger partial charge in [-0.15, -0.1) is 0 Å². The summed E-state index contributed by atoms with van der Waals surface area (Å²) in [6.07, 6.45) is 1.89. The normalized spacial score (nSPS) is 11.4. The summed E-state index contributed by atoms with van der Waals surface area (Å²) in [7, 11) is 0. The van der Waals surface area contributed by atoms with Crippen LogP contribution in [0.25, 0.3) is 33.1 Å². The number of para-hydroxylation sites is 1. The van der Waals surface area contributed by atoms with E-state index >= 15 is 0 Å². The third kappa shape index (κ3) is 2.39. The lowest BCUT2D eigenvalue weighted by atomic mass is 10.1. The second-order valence-corrected chi connectivity index (χ2v) is 7.24. The van der Waals surface area contributed by atoms with Gasteiger partial charge in [-0.2, -0.15) is 0 Å². The lowest BCUT2D eigenvalue weighted by Crippen LogP contribution is -2.00. The number of hydrogen-bond acceptors (Lipinski definition) is 1. The highest BCUT2D eigenvalue weighted by molar-refractivity contribution is 9.10. The summed E-state index contributed by atoms with van der Waals surface area (Å²) in [5.41, 5.74) is 4.71. The molecule has 2 nitrogen and oxygen atoms in total. The van der Waals surface area contributed by atoms with Crippen LogP contribution < -0.4 is 0 Å². The van der Waals surface area contributed by atoms with Gasteiger partial charge in [0.2, 0.25) is 0 Å². The van der Waals surface area contributed by atoms with Gasteiger partial charge in [-0.25, -0.2) is 0 Å². The lowest BCUT2D eigenvalue weighted by Gasteiger charge is -2.10. The molecule has 0 saturated carbocycles. The van der Waals surface area contributed by atoms with Gasteiger partial charge in [-0.05, 0) is 17.7 Å². The molecule has 0 unspecified atom stereocenters. The molecule has 0 radical (unpaired) electrons. The fourth-order valence-corrected chi connectivity index (χ4v) is 4.03. The molecular formula is C23H16BrNO. The summed E-state index contributed by atoms with van der Waals surface area (Å²) in [4.78, 5) is 0. The Kier molecular flexibility index (Phi) is 3.68. The molecule has 0 fully saturated rings. The quantitative estimate of drug-likeness (QED) is 0.322. The first-order valence-electron chi connectivity index (χ1n) is 8.60. The van der Waals surface area contributed by atoms with E-state index in [0.717, 1.165) is 33.2 Å². The van der Waals surface area contributed by atoms with E-state index in [0.29, 0.717) is 0 Å². The number of fused-ring (bicyclic) bond motifs is 3. The topological polar surface area (TPSA) is 18.1 Å². The zero-order valence-corrected chi connectivity index (χ0v) is 15.6. The molecule has 0 N–H and O–H groups in total. The highest BCUT2D eigenvalue weighted by Crippen LogP contribution is 2.38. The Hall–Kier alpha value is -2.78. The zero-order valence-electron chi connectivity index (χ0n) is 14.0. The molecule has 0 saturated heterocycles. The second kappa shape index (κ2) is 6.19. The Balaban J connectivity index is 1.82. The largest absolute Gasteiger partial charge is 0.461 e. The summed E-state index contributed by atoms with van der Waals surface area (Å²) in [5, 5.41) is 2.38. The van der Waals surface area contributed by atoms with Crippen molar-refractivity contribution in [2.75, 3.05) is 0 Å². The minimum absolute atomic E-state index is 0.783. The van der Waals surface area contributed by atoms with Gasteiger partial charge in [0.25, 0.3) is 0 Å². The molecule has 2 heterocycles. The van der Waals surface area contributed by atoms with E-state index < -0.39 is 0 Å². The van der Waals surface area contributed by atoms with Crippen molar-refractivity contribution in [1.82, 2.24) is 4.57 Å². The van der Waals surface area contributed by atoms with Gasteiger partial charge in [0.05, 0.1) is 5.52 Å². The summed E-state index contributed by atoms with van der Waals surface area (Å²) >= 11 is 3.69. The van der Waals surface area contributed by atoms with Crippen LogP contribution in [-0.4, -0.2) is 4.57 Å². The standard InChI is InChI=1S/C23H16BrNO/c24-20-12-6-4-10-17(20)14-25-21-13-7-5-11-18(21)19-15-26-23(22(19)25)16-8-2-1-3-9-16/h1-13,15H,14H2. The van der Waals surface area contributed by atoms with E-state index in [-0.39, 0.29) is 0 Å². The van der Waals surface area contributed by atoms with E-state index in [4.69, 9.17) is 4.42 Å². The van der Waals surface area contributed by atoms with Crippen molar-refractivity contribution in [3.63, 3.8) is 0 Å². The smallest absolute Gasteiger partial charge is 0.158 e. The van der Waals surface area contributed by atoms with Crippen LogP contribution in [0.1, 0.15) is 5.56 Å². The van der Waals surface area contributed by atoms with E-state index in [1.165, 1.54) is 16.5 Å². The molecule has 0 aliphatic heterocycles. The fraction of sp³-hybridized carbons (Fsp3) is 0.0435. The fourth-order valence-electron chi connectivity index (χ4n) is 3.62. The molecule has 2 aromatic heterocycles. The first kappa shape index (κ1) is 15.5. The SMILES string of the molecule is Brc1ccccc1Cn1c2ccccc2c2coc(-c3ccccc3)c21. The minimum Gasteiger partial charge on any atom is -0.461 e. The van der Waals surface area contributed by atoms with E-state index in [2.05, 4.69) is 75.1 Å². The predicted octanol–water partition coefficient (Wildman–Crippen LogP) is 6.87. The second-order valence-electron chi connectivity index (χ2n) is 6.39. The molecular weight excluding hydrogens is 386 g/mol. The van der Waals surface area contributed by atoms with Crippen molar-refractivity contribution in [2.24, 2.45) is 0 Å². The third-order valence-corrected chi connectivity index (χ3v) is 5.62. The van der Waals surface area contributed by atoms with Crippen molar-refractivity contribution in [3.8, 4) is 11.3 Å². The highest BCUT2D eigenvalue weighted by Gasteiger charge is 2.19. The number of aromatic nitrogens is 1. The number of furan rings is 1. The van der Waals surface area contributed by atoms with Crippen molar-refractivity contribution < 1.29 is 4.42 Å². The molecule has 3 aromatic carbocycles. The van der Waals surface area contributed by atoms with Crippen LogP contribution in [0, 0.1) is 0 Å². The van der Waals surface area contributed by atoms with Crippen LogP contribution >= 0.6 is 15.9 Å². The third-order valence-electron chi connectivity index (χ3n) is 4.84. The number of hydrogen-bond donors (Lipinski definition) is 0. The molecule has 126 valence electrons. The monoisotopic (exact) mass is 401 g/mol. The van der Waals surface area contributed by atoms with Gasteiger partial charge in [-0.1, -0.05) is 82.7 Å². The summed E-state index contributed by atoms with van der Waals surface area (Å²) in [6, 6.07) is 27.2. The Morgan fingerprint density at radius 3 is 2.35 bits per heavy atom. The zero-order chi connectivity index (χ0) is 17.5. The summed E-state index contributed by atoms with van der Waals surface area (Å²) in [6.45, 7) is 0.783. The van der Waals surface area contributed by atoms with E-state index in [9.17, 15) is 0 Å². The molecule has 5 aromatic rings. The average Bonchev–Trinajstić information content (AvgIpc) is 3.24. The van der Waals surface area contributed by atoms with Gasteiger partial charge in [0, 0.05) is 32.9 Å². The van der Waals surface area contributed by atoms with Crippen LogP contribution in [-0.2, 0) is 6.54 Å². The van der Waals surface area contributed by atoms with Gasteiger partial charge in [0.15, 0.2) is 5.76 Å². The van der Waals surface area contributed by atoms with Crippen LogP contribution in [0.2, 0.25) is 0 Å². The molecule has 0 atom stereocenters. The van der Waals surface area contributed by atoms with Crippen molar-refractivity contribution in [3.05, 3.63) is 95.2 Å². The highest BCUT2D eigenvalue weighted by atomic mass is 79.9. The van der Waals surface area contributed by atoms with Gasteiger partial charge < -0.3 is 8.98 Å². The molecule has 0 bridgehead atoms. The Morgan fingerprint density at radius 1 is 0.769 bits per heavy atom. The van der Waals surface area contributed by atoms with Crippen LogP contribution in [0.15, 0.2) is 94.0 Å². The summed E-state index contributed by atoms with van der Waals surface area (Å²) in [5.74, 6) is 0.920. The number of halogens is 1. The van der Waals surface area contributed by atoms with Crippen LogP contribution in [0.5, 0.6) is 0 Å². The van der Waals surface area contributed by atoms with E-state index in [1.54, 1.807) is 0 Å². The number of nitrogens with zero attached hydrogens (tertiary/aromatic N) is 1. The van der Waals surface area contributed by atoms with Crippen LogP contribution in [0.4, 0.5) is 0 Å². The number of benzene rings is 3. The molecule has 3 heteroatoms. The van der Waals surface area contributed by atoms with Crippen molar-refractivity contribution in [1.29, 1.82) is 0 Å². The summed E-state index contributed by atoms with van der Waals surface area (Å²) < 4.78 is 9.50. The Bertz CT molecular complexity index is 1220. The first-order valence-corrected chi connectivity index (χ1v) is 9.39.